The van der Waals surface area contributed by atoms with Crippen molar-refractivity contribution in [3.63, 3.8) is 0 Å². The van der Waals surface area contributed by atoms with Gasteiger partial charge in [-0.3, -0.25) is 4.90 Å². The number of benzene rings is 1. The second-order valence-electron chi connectivity index (χ2n) is 5.96. The van der Waals surface area contributed by atoms with E-state index in [1.165, 1.54) is 18.2 Å². The van der Waals surface area contributed by atoms with Crippen LogP contribution in [0.3, 0.4) is 0 Å². The third-order valence-corrected chi connectivity index (χ3v) is 4.96. The Morgan fingerprint density at radius 2 is 2.10 bits per heavy atom. The van der Waals surface area contributed by atoms with Crippen molar-refractivity contribution in [2.45, 2.75) is 39.3 Å². The van der Waals surface area contributed by atoms with Gasteiger partial charge in [-0.1, -0.05) is 36.7 Å². The van der Waals surface area contributed by atoms with Crippen LogP contribution >= 0.6 is 11.6 Å². The van der Waals surface area contributed by atoms with E-state index >= 15 is 0 Å². The number of halogens is 1. The zero-order valence-electron chi connectivity index (χ0n) is 12.1. The minimum atomic E-state index is 0.617. The molecule has 1 aromatic carbocycles. The highest BCUT2D eigenvalue weighted by Crippen LogP contribution is 2.27. The fourth-order valence-electron chi connectivity index (χ4n) is 3.11. The fourth-order valence-corrected chi connectivity index (χ4v) is 3.32. The van der Waals surface area contributed by atoms with Crippen LogP contribution in [0.2, 0.25) is 5.15 Å². The second kappa shape index (κ2) is 5.71. The molecule has 1 aliphatic rings. The molecule has 2 unspecified atom stereocenters. The zero-order chi connectivity index (χ0) is 14.1. The molecule has 1 saturated heterocycles. The average Bonchev–Trinajstić information content (AvgIpc) is 2.44. The first-order valence-corrected chi connectivity index (χ1v) is 7.81. The standard InChI is InChI=1S/C17H21ClN2/c1-12-6-5-9-20(13(12)2)11-15-10-14-7-3-4-8-16(14)19-17(15)18/h3-4,7-8,10,12-13H,5-6,9,11H2,1-2H3. The summed E-state index contributed by atoms with van der Waals surface area (Å²) in [4.78, 5) is 7.06. The highest BCUT2D eigenvalue weighted by molar-refractivity contribution is 6.30. The van der Waals surface area contributed by atoms with Crippen molar-refractivity contribution in [1.82, 2.24) is 9.88 Å². The van der Waals surface area contributed by atoms with Crippen LogP contribution in [0.1, 0.15) is 32.3 Å². The van der Waals surface area contributed by atoms with Crippen molar-refractivity contribution in [3.8, 4) is 0 Å². The smallest absolute Gasteiger partial charge is 0.134 e. The predicted molar refractivity (Wildman–Crippen MR) is 85.0 cm³/mol. The van der Waals surface area contributed by atoms with E-state index in [4.69, 9.17) is 11.6 Å². The zero-order valence-corrected chi connectivity index (χ0v) is 12.9. The highest BCUT2D eigenvalue weighted by Gasteiger charge is 2.25. The van der Waals surface area contributed by atoms with Crippen LogP contribution in [0.5, 0.6) is 0 Å². The summed E-state index contributed by atoms with van der Waals surface area (Å²) in [6.45, 7) is 6.74. The molecule has 3 rings (SSSR count). The molecule has 0 amide bonds. The SMILES string of the molecule is CC1CCCN(Cc2cc3ccccc3nc2Cl)C1C. The van der Waals surface area contributed by atoms with E-state index in [9.17, 15) is 0 Å². The molecule has 2 atom stereocenters. The number of fused-ring (bicyclic) bond motifs is 1. The van der Waals surface area contributed by atoms with E-state index in [2.05, 4.69) is 35.9 Å². The van der Waals surface area contributed by atoms with E-state index < -0.39 is 0 Å². The molecule has 106 valence electrons. The number of hydrogen-bond donors (Lipinski definition) is 0. The summed E-state index contributed by atoms with van der Waals surface area (Å²) in [6, 6.07) is 11.0. The summed E-state index contributed by atoms with van der Waals surface area (Å²) in [5.41, 5.74) is 2.12. The van der Waals surface area contributed by atoms with Crippen molar-refractivity contribution in [3.05, 3.63) is 41.0 Å². The van der Waals surface area contributed by atoms with E-state index in [0.717, 1.165) is 30.1 Å². The van der Waals surface area contributed by atoms with Crippen LogP contribution in [-0.2, 0) is 6.54 Å². The van der Waals surface area contributed by atoms with Crippen LogP contribution in [0.4, 0.5) is 0 Å². The molecule has 1 aromatic heterocycles. The molecule has 3 heteroatoms. The maximum absolute atomic E-state index is 6.37. The molecular formula is C17H21ClN2. The Labute approximate surface area is 125 Å². The molecule has 0 aliphatic carbocycles. The molecule has 0 saturated carbocycles. The van der Waals surface area contributed by atoms with Crippen LogP contribution in [0.15, 0.2) is 30.3 Å². The Balaban J connectivity index is 1.88. The summed E-state index contributed by atoms with van der Waals surface area (Å²) < 4.78 is 0. The quantitative estimate of drug-likeness (QED) is 0.756. The molecule has 1 aliphatic heterocycles. The van der Waals surface area contributed by atoms with Crippen molar-refractivity contribution >= 4 is 22.5 Å². The maximum atomic E-state index is 6.37. The van der Waals surface area contributed by atoms with Crippen molar-refractivity contribution in [1.29, 1.82) is 0 Å². The number of rotatable bonds is 2. The van der Waals surface area contributed by atoms with E-state index in [-0.39, 0.29) is 0 Å². The lowest BCUT2D eigenvalue weighted by molar-refractivity contribution is 0.106. The van der Waals surface area contributed by atoms with Gasteiger partial charge in [-0.25, -0.2) is 4.98 Å². The minimum absolute atomic E-state index is 0.617. The van der Waals surface area contributed by atoms with Gasteiger partial charge < -0.3 is 0 Å². The van der Waals surface area contributed by atoms with Gasteiger partial charge in [0.25, 0.3) is 0 Å². The predicted octanol–water partition coefficient (Wildman–Crippen LogP) is 4.51. The summed E-state index contributed by atoms with van der Waals surface area (Å²) >= 11 is 6.37. The largest absolute Gasteiger partial charge is 0.296 e. The van der Waals surface area contributed by atoms with Gasteiger partial charge in [0.15, 0.2) is 0 Å². The van der Waals surface area contributed by atoms with Gasteiger partial charge in [-0.15, -0.1) is 0 Å². The first kappa shape index (κ1) is 13.8. The minimum Gasteiger partial charge on any atom is -0.296 e. The topological polar surface area (TPSA) is 16.1 Å². The first-order chi connectivity index (χ1) is 9.65. The van der Waals surface area contributed by atoms with Crippen molar-refractivity contribution in [2.24, 2.45) is 5.92 Å². The normalized spacial score (nSPS) is 24.1. The second-order valence-corrected chi connectivity index (χ2v) is 6.32. The van der Waals surface area contributed by atoms with Gasteiger partial charge in [-0.2, -0.15) is 0 Å². The summed E-state index contributed by atoms with van der Waals surface area (Å²) in [6.07, 6.45) is 2.62. The first-order valence-electron chi connectivity index (χ1n) is 7.43. The Hall–Kier alpha value is -1.12. The van der Waals surface area contributed by atoms with Gasteiger partial charge in [-0.05, 0) is 44.4 Å². The number of aromatic nitrogens is 1. The number of hydrogen-bond acceptors (Lipinski definition) is 2. The van der Waals surface area contributed by atoms with Gasteiger partial charge >= 0.3 is 0 Å². The molecule has 0 N–H and O–H groups in total. The van der Waals surface area contributed by atoms with Crippen molar-refractivity contribution < 1.29 is 0 Å². The number of nitrogens with zero attached hydrogens (tertiary/aromatic N) is 2. The van der Waals surface area contributed by atoms with E-state index in [1.807, 2.05) is 18.2 Å². The molecule has 2 nitrogen and oxygen atoms in total. The average molecular weight is 289 g/mol. The van der Waals surface area contributed by atoms with Crippen LogP contribution < -0.4 is 0 Å². The van der Waals surface area contributed by atoms with Gasteiger partial charge in [0.2, 0.25) is 0 Å². The Bertz CT molecular complexity index is 611. The molecule has 2 heterocycles. The van der Waals surface area contributed by atoms with Crippen LogP contribution in [0, 0.1) is 5.92 Å². The lowest BCUT2D eigenvalue weighted by Gasteiger charge is -2.38. The molecule has 0 radical (unpaired) electrons. The van der Waals surface area contributed by atoms with Gasteiger partial charge in [0, 0.05) is 23.5 Å². The molecule has 0 bridgehead atoms. The molecule has 20 heavy (non-hydrogen) atoms. The summed E-state index contributed by atoms with van der Waals surface area (Å²) in [7, 11) is 0. The highest BCUT2D eigenvalue weighted by atomic mass is 35.5. The van der Waals surface area contributed by atoms with Crippen LogP contribution in [-0.4, -0.2) is 22.5 Å². The molecule has 2 aromatic rings. The number of piperidine rings is 1. The van der Waals surface area contributed by atoms with Crippen molar-refractivity contribution in [2.75, 3.05) is 6.54 Å². The molecular weight excluding hydrogens is 268 g/mol. The molecule has 0 spiro atoms. The lowest BCUT2D eigenvalue weighted by Crippen LogP contribution is -2.41. The Kier molecular flexibility index (Phi) is 3.95. The third kappa shape index (κ3) is 2.68. The number of para-hydroxylation sites is 1. The van der Waals surface area contributed by atoms with E-state index in [1.54, 1.807) is 0 Å². The van der Waals surface area contributed by atoms with Gasteiger partial charge in [0.05, 0.1) is 5.52 Å². The van der Waals surface area contributed by atoms with E-state index in [0.29, 0.717) is 11.2 Å². The summed E-state index contributed by atoms with van der Waals surface area (Å²) in [5, 5.41) is 1.82. The summed E-state index contributed by atoms with van der Waals surface area (Å²) in [5.74, 6) is 0.760. The maximum Gasteiger partial charge on any atom is 0.134 e. The Morgan fingerprint density at radius 3 is 2.95 bits per heavy atom. The van der Waals surface area contributed by atoms with Crippen LogP contribution in [0.25, 0.3) is 10.9 Å². The third-order valence-electron chi connectivity index (χ3n) is 4.63. The number of pyridine rings is 1. The monoisotopic (exact) mass is 288 g/mol. The molecule has 1 fully saturated rings. The number of likely N-dealkylation sites (tertiary alicyclic amines) is 1. The lowest BCUT2D eigenvalue weighted by atomic mass is 9.92. The van der Waals surface area contributed by atoms with Gasteiger partial charge in [0.1, 0.15) is 5.15 Å². The Morgan fingerprint density at radius 1 is 1.30 bits per heavy atom. The fraction of sp³-hybridized carbons (Fsp3) is 0.471.